The summed E-state index contributed by atoms with van der Waals surface area (Å²) in [6.45, 7) is 14.3. The van der Waals surface area contributed by atoms with Gasteiger partial charge in [0.2, 0.25) is 5.91 Å². The summed E-state index contributed by atoms with van der Waals surface area (Å²) in [5.41, 5.74) is 0.885. The Kier molecular flexibility index (Phi) is 8.28. The van der Waals surface area contributed by atoms with Gasteiger partial charge in [0.15, 0.2) is 8.32 Å². The topological polar surface area (TPSA) is 82.1 Å². The maximum absolute atomic E-state index is 13.0. The number of methoxy groups -OCH3 is 1. The molecule has 1 aromatic rings. The van der Waals surface area contributed by atoms with E-state index in [9.17, 15) is 14.4 Å². The van der Waals surface area contributed by atoms with E-state index < -0.39 is 38.1 Å². The van der Waals surface area contributed by atoms with Crippen LogP contribution in [0.25, 0.3) is 0 Å². The number of hydrogen-bond acceptors (Lipinski definition) is 6. The summed E-state index contributed by atoms with van der Waals surface area (Å²) >= 11 is 0. The molecule has 4 atom stereocenters. The van der Waals surface area contributed by atoms with Gasteiger partial charge in [0.1, 0.15) is 13.2 Å². The molecule has 1 aliphatic heterocycles. The molecule has 32 heavy (non-hydrogen) atoms. The van der Waals surface area contributed by atoms with Crippen molar-refractivity contribution >= 4 is 26.2 Å². The van der Waals surface area contributed by atoms with Gasteiger partial charge in [0.05, 0.1) is 31.1 Å². The first-order valence-electron chi connectivity index (χ1n) is 11.1. The van der Waals surface area contributed by atoms with E-state index in [1.54, 1.807) is 6.92 Å². The number of likely N-dealkylation sites (tertiary alicyclic amines) is 1. The molecule has 178 valence electrons. The highest BCUT2D eigenvalue weighted by Gasteiger charge is 2.56. The second-order valence-corrected chi connectivity index (χ2v) is 14.8. The molecule has 7 nitrogen and oxygen atoms in total. The summed E-state index contributed by atoms with van der Waals surface area (Å²) in [5, 5.41) is -0.0184. The molecule has 0 aliphatic carbocycles. The second kappa shape index (κ2) is 10.2. The Hall–Kier alpha value is -2.19. The highest BCUT2D eigenvalue weighted by molar-refractivity contribution is 6.74. The Morgan fingerprint density at radius 1 is 1.12 bits per heavy atom. The van der Waals surface area contributed by atoms with Crippen LogP contribution in [0.1, 0.15) is 40.2 Å². The van der Waals surface area contributed by atoms with Crippen LogP contribution in [-0.4, -0.2) is 56.9 Å². The zero-order valence-electron chi connectivity index (χ0n) is 20.5. The van der Waals surface area contributed by atoms with Gasteiger partial charge in [0, 0.05) is 0 Å². The molecule has 8 heteroatoms. The SMILES string of the molecule is COC(=O)CN1C(=O)[C@H]([C@@H](C)O[Si](C)(C)C(C)(C)C)[C@H]1[C@H](C)C(=O)OCc1ccccc1. The second-order valence-electron chi connectivity index (χ2n) is 10.0. The third kappa shape index (κ3) is 5.78. The third-order valence-corrected chi connectivity index (χ3v) is 11.3. The molecule has 1 aromatic carbocycles. The molecule has 1 amide bonds. The van der Waals surface area contributed by atoms with Crippen LogP contribution in [-0.2, 0) is 34.9 Å². The van der Waals surface area contributed by atoms with Crippen molar-refractivity contribution in [3.8, 4) is 0 Å². The van der Waals surface area contributed by atoms with E-state index in [1.807, 2.05) is 37.3 Å². The molecule has 0 saturated carbocycles. The van der Waals surface area contributed by atoms with Crippen LogP contribution < -0.4 is 0 Å². The molecule has 0 aromatic heterocycles. The molecule has 1 saturated heterocycles. The standard InChI is InChI=1S/C24H37NO6Si/c1-16(23(28)30-15-18-12-10-9-11-13-18)21-20(22(27)25(21)14-19(26)29-6)17(2)31-32(7,8)24(3,4)5/h9-13,16-17,20-21H,14-15H2,1-8H3/t16-,17+,20+,21+/m0/s1. The number of rotatable bonds is 9. The van der Waals surface area contributed by atoms with Crippen molar-refractivity contribution in [1.29, 1.82) is 0 Å². The summed E-state index contributed by atoms with van der Waals surface area (Å²) in [7, 11) is -0.855. The smallest absolute Gasteiger partial charge is 0.325 e. The molecule has 1 aliphatic rings. The maximum atomic E-state index is 13.0. The normalized spacial score (nSPS) is 20.9. The number of β-lactam (4-membered cyclic amide) rings is 1. The number of ether oxygens (including phenoxy) is 2. The van der Waals surface area contributed by atoms with Gasteiger partial charge in [-0.15, -0.1) is 0 Å². The molecule has 0 N–H and O–H groups in total. The number of hydrogen-bond donors (Lipinski definition) is 0. The molecule has 0 radical (unpaired) electrons. The lowest BCUT2D eigenvalue weighted by Crippen LogP contribution is -2.69. The summed E-state index contributed by atoms with van der Waals surface area (Å²) in [6.07, 6.45) is -0.383. The highest BCUT2D eigenvalue weighted by atomic mass is 28.4. The van der Waals surface area contributed by atoms with E-state index in [0.717, 1.165) is 5.56 Å². The van der Waals surface area contributed by atoms with Gasteiger partial charge < -0.3 is 18.8 Å². The van der Waals surface area contributed by atoms with Crippen LogP contribution in [0.15, 0.2) is 30.3 Å². The molecule has 1 heterocycles. The monoisotopic (exact) mass is 463 g/mol. The van der Waals surface area contributed by atoms with E-state index in [2.05, 4.69) is 33.9 Å². The van der Waals surface area contributed by atoms with Crippen molar-refractivity contribution in [3.05, 3.63) is 35.9 Å². The first-order valence-corrected chi connectivity index (χ1v) is 14.0. The van der Waals surface area contributed by atoms with Crippen LogP contribution in [0.3, 0.4) is 0 Å². The summed E-state index contributed by atoms with van der Waals surface area (Å²) in [4.78, 5) is 39.2. The third-order valence-electron chi connectivity index (χ3n) is 6.72. The number of esters is 2. The van der Waals surface area contributed by atoms with Crippen molar-refractivity contribution < 1.29 is 28.3 Å². The predicted octanol–water partition coefficient (Wildman–Crippen LogP) is 3.78. The fourth-order valence-corrected chi connectivity index (χ4v) is 5.19. The van der Waals surface area contributed by atoms with Gasteiger partial charge in [-0.25, -0.2) is 0 Å². The average Bonchev–Trinajstić information content (AvgIpc) is 2.72. The van der Waals surface area contributed by atoms with Crippen LogP contribution in [0.4, 0.5) is 0 Å². The number of carbonyl (C=O) groups is 3. The van der Waals surface area contributed by atoms with Gasteiger partial charge in [-0.3, -0.25) is 14.4 Å². The zero-order valence-corrected chi connectivity index (χ0v) is 21.5. The minimum atomic E-state index is -2.13. The number of nitrogens with zero attached hydrogens (tertiary/aromatic N) is 1. The Labute approximate surface area is 192 Å². The quantitative estimate of drug-likeness (QED) is 0.315. The molecular weight excluding hydrogens is 426 g/mol. The molecule has 1 fully saturated rings. The molecule has 2 rings (SSSR count). The molecule has 0 unspecified atom stereocenters. The van der Waals surface area contributed by atoms with E-state index in [1.165, 1.54) is 12.0 Å². The van der Waals surface area contributed by atoms with Gasteiger partial charge in [-0.1, -0.05) is 51.1 Å². The Balaban J connectivity index is 2.18. The van der Waals surface area contributed by atoms with Crippen LogP contribution in [0, 0.1) is 11.8 Å². The minimum absolute atomic E-state index is 0.0184. The average molecular weight is 464 g/mol. The summed E-state index contributed by atoms with van der Waals surface area (Å²) in [6, 6.07) is 8.92. The van der Waals surface area contributed by atoms with Gasteiger partial charge in [0.25, 0.3) is 0 Å². The number of benzene rings is 1. The fourth-order valence-electron chi connectivity index (χ4n) is 3.76. The van der Waals surface area contributed by atoms with Crippen molar-refractivity contribution in [1.82, 2.24) is 4.90 Å². The molecular formula is C24H37NO6Si. The lowest BCUT2D eigenvalue weighted by atomic mass is 9.76. The van der Waals surface area contributed by atoms with Crippen molar-refractivity contribution in [3.63, 3.8) is 0 Å². The zero-order chi connectivity index (χ0) is 24.3. The van der Waals surface area contributed by atoms with Gasteiger partial charge >= 0.3 is 11.9 Å². The van der Waals surface area contributed by atoms with Gasteiger partial charge in [-0.2, -0.15) is 0 Å². The predicted molar refractivity (Wildman–Crippen MR) is 124 cm³/mol. The summed E-state index contributed by atoms with van der Waals surface area (Å²) < 4.78 is 16.7. The van der Waals surface area contributed by atoms with Crippen molar-refractivity contribution in [2.24, 2.45) is 11.8 Å². The maximum Gasteiger partial charge on any atom is 0.325 e. The van der Waals surface area contributed by atoms with E-state index in [-0.39, 0.29) is 30.2 Å². The Bertz CT molecular complexity index is 820. The van der Waals surface area contributed by atoms with E-state index in [4.69, 9.17) is 13.9 Å². The Morgan fingerprint density at radius 3 is 2.25 bits per heavy atom. The lowest BCUT2D eigenvalue weighted by molar-refractivity contribution is -0.178. The van der Waals surface area contributed by atoms with Crippen LogP contribution >= 0.6 is 0 Å². The largest absolute Gasteiger partial charge is 0.468 e. The molecule has 0 bridgehead atoms. The van der Waals surface area contributed by atoms with Gasteiger partial charge in [-0.05, 0) is 37.5 Å². The fraction of sp³-hybridized carbons (Fsp3) is 0.625. The van der Waals surface area contributed by atoms with E-state index >= 15 is 0 Å². The number of amides is 1. The first kappa shape index (κ1) is 26.1. The first-order chi connectivity index (χ1) is 14.8. The summed E-state index contributed by atoms with van der Waals surface area (Å²) in [5.74, 6) is -2.27. The van der Waals surface area contributed by atoms with Crippen molar-refractivity contribution in [2.75, 3.05) is 13.7 Å². The van der Waals surface area contributed by atoms with Crippen molar-refractivity contribution in [2.45, 2.75) is 71.5 Å². The van der Waals surface area contributed by atoms with E-state index in [0.29, 0.717) is 0 Å². The number of carbonyl (C=O) groups excluding carboxylic acids is 3. The Morgan fingerprint density at radius 2 is 1.72 bits per heavy atom. The minimum Gasteiger partial charge on any atom is -0.468 e. The van der Waals surface area contributed by atoms with Crippen LogP contribution in [0.2, 0.25) is 18.1 Å². The molecule has 0 spiro atoms. The lowest BCUT2D eigenvalue weighted by Gasteiger charge is -2.52. The van der Waals surface area contributed by atoms with Crippen LogP contribution in [0.5, 0.6) is 0 Å². The highest BCUT2D eigenvalue weighted by Crippen LogP contribution is 2.42.